The SMILES string of the molecule is CCOCC(CO)O[C@H]1O[C@H](CO)[C@@H](O)[C@H](O)[C@H]1O. The van der Waals surface area contributed by atoms with Gasteiger partial charge in [0.25, 0.3) is 0 Å². The number of aliphatic hydroxyl groups is 5. The van der Waals surface area contributed by atoms with E-state index in [1.807, 2.05) is 0 Å². The third-order valence-corrected chi connectivity index (χ3v) is 2.89. The van der Waals surface area contributed by atoms with Gasteiger partial charge in [-0.05, 0) is 6.92 Å². The van der Waals surface area contributed by atoms with Crippen LogP contribution in [0.4, 0.5) is 0 Å². The summed E-state index contributed by atoms with van der Waals surface area (Å²) in [7, 11) is 0. The maximum atomic E-state index is 9.73. The van der Waals surface area contributed by atoms with Crippen LogP contribution >= 0.6 is 0 Å². The van der Waals surface area contributed by atoms with Gasteiger partial charge in [-0.2, -0.15) is 0 Å². The minimum absolute atomic E-state index is 0.0992. The molecule has 1 heterocycles. The second-order valence-corrected chi connectivity index (χ2v) is 4.30. The molecule has 0 aliphatic carbocycles. The Labute approximate surface area is 111 Å². The Kier molecular flexibility index (Phi) is 7.11. The zero-order chi connectivity index (χ0) is 14.4. The van der Waals surface area contributed by atoms with Gasteiger partial charge in [-0.25, -0.2) is 0 Å². The molecule has 1 unspecified atom stereocenters. The Morgan fingerprint density at radius 1 is 1.11 bits per heavy atom. The Bertz CT molecular complexity index is 249. The smallest absolute Gasteiger partial charge is 0.187 e. The molecule has 0 spiro atoms. The van der Waals surface area contributed by atoms with Crippen LogP contribution in [0.2, 0.25) is 0 Å². The third kappa shape index (κ3) is 4.33. The van der Waals surface area contributed by atoms with Crippen LogP contribution in [-0.4, -0.2) is 88.8 Å². The molecule has 6 atom stereocenters. The van der Waals surface area contributed by atoms with Gasteiger partial charge in [0.1, 0.15) is 30.5 Å². The largest absolute Gasteiger partial charge is 0.394 e. The van der Waals surface area contributed by atoms with Gasteiger partial charge < -0.3 is 39.7 Å². The first-order valence-corrected chi connectivity index (χ1v) is 6.19. The van der Waals surface area contributed by atoms with Crippen molar-refractivity contribution in [3.8, 4) is 0 Å². The molecule has 0 saturated carbocycles. The standard InChI is InChI=1S/C11H22O8/c1-2-17-5-6(3-12)18-11-10(16)9(15)8(14)7(4-13)19-11/h6-16H,2-5H2,1H3/t6?,7-,8-,9+,10-,11+/m1/s1. The number of rotatable bonds is 7. The molecule has 19 heavy (non-hydrogen) atoms. The fraction of sp³-hybridized carbons (Fsp3) is 1.00. The van der Waals surface area contributed by atoms with Crippen molar-refractivity contribution in [2.75, 3.05) is 26.4 Å². The van der Waals surface area contributed by atoms with Gasteiger partial charge >= 0.3 is 0 Å². The highest BCUT2D eigenvalue weighted by Gasteiger charge is 2.44. The van der Waals surface area contributed by atoms with Gasteiger partial charge in [0.15, 0.2) is 6.29 Å². The lowest BCUT2D eigenvalue weighted by atomic mass is 9.99. The van der Waals surface area contributed by atoms with Crippen molar-refractivity contribution in [3.63, 3.8) is 0 Å². The fourth-order valence-corrected chi connectivity index (χ4v) is 1.75. The molecule has 1 fully saturated rings. The summed E-state index contributed by atoms with van der Waals surface area (Å²) in [5.74, 6) is 0. The fourth-order valence-electron chi connectivity index (χ4n) is 1.75. The third-order valence-electron chi connectivity index (χ3n) is 2.89. The van der Waals surface area contributed by atoms with Gasteiger partial charge in [0.05, 0.1) is 19.8 Å². The average Bonchev–Trinajstić information content (AvgIpc) is 2.43. The first-order valence-electron chi connectivity index (χ1n) is 6.19. The molecule has 0 aromatic rings. The first-order chi connectivity index (χ1) is 9.04. The van der Waals surface area contributed by atoms with E-state index >= 15 is 0 Å². The summed E-state index contributed by atoms with van der Waals surface area (Å²) in [5.41, 5.74) is 0. The lowest BCUT2D eigenvalue weighted by Crippen LogP contribution is -2.60. The Morgan fingerprint density at radius 2 is 1.79 bits per heavy atom. The van der Waals surface area contributed by atoms with Crippen molar-refractivity contribution in [1.29, 1.82) is 0 Å². The van der Waals surface area contributed by atoms with E-state index in [0.717, 1.165) is 0 Å². The highest BCUT2D eigenvalue weighted by atomic mass is 16.7. The van der Waals surface area contributed by atoms with Crippen LogP contribution in [0.15, 0.2) is 0 Å². The van der Waals surface area contributed by atoms with Gasteiger partial charge in [-0.15, -0.1) is 0 Å². The molecule has 0 bridgehead atoms. The summed E-state index contributed by atoms with van der Waals surface area (Å²) in [6, 6.07) is 0. The summed E-state index contributed by atoms with van der Waals surface area (Å²) in [4.78, 5) is 0. The maximum Gasteiger partial charge on any atom is 0.187 e. The van der Waals surface area contributed by atoms with E-state index in [2.05, 4.69) is 0 Å². The highest BCUT2D eigenvalue weighted by molar-refractivity contribution is 4.89. The monoisotopic (exact) mass is 282 g/mol. The summed E-state index contributed by atoms with van der Waals surface area (Å²) in [6.45, 7) is 1.44. The van der Waals surface area contributed by atoms with Crippen molar-refractivity contribution >= 4 is 0 Å². The lowest BCUT2D eigenvalue weighted by molar-refractivity contribution is -0.315. The highest BCUT2D eigenvalue weighted by Crippen LogP contribution is 2.22. The van der Waals surface area contributed by atoms with Crippen molar-refractivity contribution < 1.29 is 39.7 Å². The normalized spacial score (nSPS) is 37.3. The van der Waals surface area contributed by atoms with Gasteiger partial charge in [-0.1, -0.05) is 0 Å². The molecule has 5 N–H and O–H groups in total. The van der Waals surface area contributed by atoms with Crippen LogP contribution in [-0.2, 0) is 14.2 Å². The van der Waals surface area contributed by atoms with Gasteiger partial charge in [0.2, 0.25) is 0 Å². The quantitative estimate of drug-likeness (QED) is 0.339. The molecular weight excluding hydrogens is 260 g/mol. The molecule has 8 nitrogen and oxygen atoms in total. The molecule has 0 amide bonds. The Balaban J connectivity index is 2.59. The van der Waals surface area contributed by atoms with Crippen molar-refractivity contribution in [2.24, 2.45) is 0 Å². The molecule has 0 aromatic heterocycles. The molecule has 114 valence electrons. The minimum atomic E-state index is -1.50. The number of hydrogen-bond acceptors (Lipinski definition) is 8. The van der Waals surface area contributed by atoms with Crippen molar-refractivity contribution in [1.82, 2.24) is 0 Å². The topological polar surface area (TPSA) is 129 Å². The van der Waals surface area contributed by atoms with E-state index in [4.69, 9.17) is 24.4 Å². The van der Waals surface area contributed by atoms with Crippen molar-refractivity contribution in [3.05, 3.63) is 0 Å². The molecule has 0 aromatic carbocycles. The summed E-state index contributed by atoms with van der Waals surface area (Å²) >= 11 is 0. The summed E-state index contributed by atoms with van der Waals surface area (Å²) in [6.07, 6.45) is -7.43. The predicted molar refractivity (Wildman–Crippen MR) is 62.2 cm³/mol. The summed E-state index contributed by atoms with van der Waals surface area (Å²) < 4.78 is 15.5. The molecule has 1 aliphatic heterocycles. The zero-order valence-electron chi connectivity index (χ0n) is 10.8. The molecule has 1 saturated heterocycles. The second-order valence-electron chi connectivity index (χ2n) is 4.30. The predicted octanol–water partition coefficient (Wildman–Crippen LogP) is -2.80. The Morgan fingerprint density at radius 3 is 2.32 bits per heavy atom. The van der Waals surface area contributed by atoms with E-state index in [9.17, 15) is 15.3 Å². The maximum absolute atomic E-state index is 9.73. The number of ether oxygens (including phenoxy) is 3. The minimum Gasteiger partial charge on any atom is -0.394 e. The van der Waals surface area contributed by atoms with E-state index in [-0.39, 0.29) is 13.2 Å². The van der Waals surface area contributed by atoms with Crippen LogP contribution in [0.5, 0.6) is 0 Å². The molecular formula is C11H22O8. The lowest BCUT2D eigenvalue weighted by Gasteiger charge is -2.40. The van der Waals surface area contributed by atoms with Crippen LogP contribution in [0.25, 0.3) is 0 Å². The van der Waals surface area contributed by atoms with Crippen LogP contribution in [0.1, 0.15) is 6.92 Å². The van der Waals surface area contributed by atoms with E-state index < -0.39 is 43.4 Å². The van der Waals surface area contributed by atoms with E-state index in [1.54, 1.807) is 6.92 Å². The zero-order valence-corrected chi connectivity index (χ0v) is 10.8. The Hall–Kier alpha value is -0.320. The second kappa shape index (κ2) is 8.08. The van der Waals surface area contributed by atoms with Crippen LogP contribution in [0, 0.1) is 0 Å². The average molecular weight is 282 g/mol. The first kappa shape index (κ1) is 16.7. The van der Waals surface area contributed by atoms with Crippen LogP contribution in [0.3, 0.4) is 0 Å². The molecule has 1 rings (SSSR count). The number of hydrogen-bond donors (Lipinski definition) is 5. The van der Waals surface area contributed by atoms with Crippen LogP contribution < -0.4 is 0 Å². The molecule has 0 radical (unpaired) electrons. The van der Waals surface area contributed by atoms with E-state index in [0.29, 0.717) is 6.61 Å². The number of aliphatic hydroxyl groups excluding tert-OH is 5. The summed E-state index contributed by atoms with van der Waals surface area (Å²) in [5, 5.41) is 47.0. The van der Waals surface area contributed by atoms with Gasteiger partial charge in [-0.3, -0.25) is 0 Å². The van der Waals surface area contributed by atoms with Crippen molar-refractivity contribution in [2.45, 2.75) is 43.7 Å². The molecule has 1 aliphatic rings. The van der Waals surface area contributed by atoms with E-state index in [1.165, 1.54) is 0 Å². The van der Waals surface area contributed by atoms with Gasteiger partial charge in [0, 0.05) is 6.61 Å². The molecule has 8 heteroatoms.